The molecule has 1 fully saturated rings. The zero-order valence-electron chi connectivity index (χ0n) is 11.8. The first-order chi connectivity index (χ1) is 9.65. The van der Waals surface area contributed by atoms with Crippen LogP contribution in [-0.2, 0) is 16.1 Å². The maximum atomic E-state index is 11.5. The number of hydrogen-bond donors (Lipinski definition) is 0. The quantitative estimate of drug-likeness (QED) is 0.620. The Labute approximate surface area is 127 Å². The van der Waals surface area contributed by atoms with E-state index in [4.69, 9.17) is 9.47 Å². The SMILES string of the molecule is COC(=O)C1CCN(Cc2ccnc(Br)c2OC)CC1. The van der Waals surface area contributed by atoms with Gasteiger partial charge in [-0.3, -0.25) is 9.69 Å². The van der Waals surface area contributed by atoms with Crippen molar-refractivity contribution in [1.29, 1.82) is 0 Å². The van der Waals surface area contributed by atoms with Gasteiger partial charge in [0.25, 0.3) is 0 Å². The van der Waals surface area contributed by atoms with E-state index in [2.05, 4.69) is 25.8 Å². The van der Waals surface area contributed by atoms with Crippen molar-refractivity contribution in [3.63, 3.8) is 0 Å². The number of carbonyl (C=O) groups is 1. The van der Waals surface area contributed by atoms with Gasteiger partial charge in [0.05, 0.1) is 20.1 Å². The van der Waals surface area contributed by atoms with E-state index < -0.39 is 0 Å². The van der Waals surface area contributed by atoms with Crippen LogP contribution in [0.1, 0.15) is 18.4 Å². The molecule has 1 aromatic heterocycles. The molecular formula is C14H19BrN2O3. The molecule has 5 nitrogen and oxygen atoms in total. The third kappa shape index (κ3) is 3.49. The van der Waals surface area contributed by atoms with Crippen molar-refractivity contribution in [1.82, 2.24) is 9.88 Å². The molecule has 2 heterocycles. The normalized spacial score (nSPS) is 16.9. The Bertz CT molecular complexity index is 473. The maximum absolute atomic E-state index is 11.5. The van der Waals surface area contributed by atoms with Crippen LogP contribution in [0, 0.1) is 5.92 Å². The Hall–Kier alpha value is -1.14. The van der Waals surface area contributed by atoms with Gasteiger partial charge in [-0.25, -0.2) is 4.98 Å². The molecule has 0 radical (unpaired) electrons. The minimum absolute atomic E-state index is 0.0438. The number of likely N-dealkylation sites (tertiary alicyclic amines) is 1. The highest BCUT2D eigenvalue weighted by molar-refractivity contribution is 9.10. The first-order valence-corrected chi connectivity index (χ1v) is 7.42. The molecule has 1 saturated heterocycles. The molecule has 1 aromatic rings. The van der Waals surface area contributed by atoms with Gasteiger partial charge in [0, 0.05) is 18.3 Å². The topological polar surface area (TPSA) is 51.7 Å². The van der Waals surface area contributed by atoms with Gasteiger partial charge in [-0.05, 0) is 47.9 Å². The predicted molar refractivity (Wildman–Crippen MR) is 78.5 cm³/mol. The lowest BCUT2D eigenvalue weighted by Gasteiger charge is -2.30. The Morgan fingerprint density at radius 3 is 2.75 bits per heavy atom. The average molecular weight is 343 g/mol. The second-order valence-corrected chi connectivity index (χ2v) is 5.62. The molecular weight excluding hydrogens is 324 g/mol. The Morgan fingerprint density at radius 1 is 1.45 bits per heavy atom. The number of rotatable bonds is 4. The number of aromatic nitrogens is 1. The fourth-order valence-corrected chi connectivity index (χ4v) is 3.07. The van der Waals surface area contributed by atoms with E-state index in [0.29, 0.717) is 0 Å². The average Bonchev–Trinajstić information content (AvgIpc) is 2.47. The van der Waals surface area contributed by atoms with Crippen LogP contribution in [0.15, 0.2) is 16.9 Å². The lowest BCUT2D eigenvalue weighted by Crippen LogP contribution is -2.36. The Balaban J connectivity index is 1.96. The standard InChI is InChI=1S/C14H19BrN2O3/c1-19-12-11(3-6-16-13(12)15)9-17-7-4-10(5-8-17)14(18)20-2/h3,6,10H,4-5,7-9H2,1-2H3. The van der Waals surface area contributed by atoms with Crippen molar-refractivity contribution in [2.24, 2.45) is 5.92 Å². The first-order valence-electron chi connectivity index (χ1n) is 6.63. The lowest BCUT2D eigenvalue weighted by atomic mass is 9.97. The molecule has 110 valence electrons. The molecule has 0 saturated carbocycles. The molecule has 1 aliphatic rings. The van der Waals surface area contributed by atoms with Crippen LogP contribution in [-0.4, -0.2) is 43.2 Å². The smallest absolute Gasteiger partial charge is 0.308 e. The van der Waals surface area contributed by atoms with Gasteiger partial charge in [-0.2, -0.15) is 0 Å². The third-order valence-electron chi connectivity index (χ3n) is 3.66. The van der Waals surface area contributed by atoms with Crippen molar-refractivity contribution >= 4 is 21.9 Å². The fourth-order valence-electron chi connectivity index (χ4n) is 2.53. The molecule has 1 aliphatic heterocycles. The Morgan fingerprint density at radius 2 is 2.15 bits per heavy atom. The summed E-state index contributed by atoms with van der Waals surface area (Å²) in [4.78, 5) is 18.0. The van der Waals surface area contributed by atoms with E-state index in [1.165, 1.54) is 7.11 Å². The van der Waals surface area contributed by atoms with Crippen LogP contribution in [0.25, 0.3) is 0 Å². The molecule has 20 heavy (non-hydrogen) atoms. The molecule has 0 spiro atoms. The summed E-state index contributed by atoms with van der Waals surface area (Å²) in [5, 5.41) is 0. The number of nitrogens with zero attached hydrogens (tertiary/aromatic N) is 2. The highest BCUT2D eigenvalue weighted by Gasteiger charge is 2.26. The van der Waals surface area contributed by atoms with E-state index in [1.54, 1.807) is 13.3 Å². The van der Waals surface area contributed by atoms with Gasteiger partial charge in [-0.15, -0.1) is 0 Å². The van der Waals surface area contributed by atoms with Gasteiger partial charge < -0.3 is 9.47 Å². The molecule has 0 aliphatic carbocycles. The molecule has 6 heteroatoms. The summed E-state index contributed by atoms with van der Waals surface area (Å²) in [7, 11) is 3.10. The fraction of sp³-hybridized carbons (Fsp3) is 0.571. The maximum Gasteiger partial charge on any atom is 0.308 e. The minimum atomic E-state index is -0.0890. The van der Waals surface area contributed by atoms with Crippen LogP contribution in [0.5, 0.6) is 5.75 Å². The molecule has 0 amide bonds. The molecule has 2 rings (SSSR count). The Kier molecular flexibility index (Phi) is 5.37. The summed E-state index contributed by atoms with van der Waals surface area (Å²) in [6, 6.07) is 1.97. The molecule has 0 N–H and O–H groups in total. The second-order valence-electron chi connectivity index (χ2n) is 4.87. The number of hydrogen-bond acceptors (Lipinski definition) is 5. The van der Waals surface area contributed by atoms with Gasteiger partial charge in [0.15, 0.2) is 5.75 Å². The van der Waals surface area contributed by atoms with Crippen LogP contribution < -0.4 is 4.74 Å². The minimum Gasteiger partial charge on any atom is -0.494 e. The molecule has 0 aromatic carbocycles. The third-order valence-corrected chi connectivity index (χ3v) is 4.23. The number of ether oxygens (including phenoxy) is 2. The van der Waals surface area contributed by atoms with E-state index in [1.807, 2.05) is 6.07 Å². The van der Waals surface area contributed by atoms with E-state index in [9.17, 15) is 4.79 Å². The molecule has 0 unspecified atom stereocenters. The van der Waals surface area contributed by atoms with E-state index >= 15 is 0 Å². The first kappa shape index (κ1) is 15.3. The van der Waals surface area contributed by atoms with Crippen molar-refractivity contribution in [2.75, 3.05) is 27.3 Å². The van der Waals surface area contributed by atoms with Crippen LogP contribution in [0.2, 0.25) is 0 Å². The zero-order chi connectivity index (χ0) is 14.5. The van der Waals surface area contributed by atoms with Crippen LogP contribution in [0.4, 0.5) is 0 Å². The second kappa shape index (κ2) is 7.04. The monoisotopic (exact) mass is 342 g/mol. The van der Waals surface area contributed by atoms with Crippen molar-refractivity contribution < 1.29 is 14.3 Å². The highest BCUT2D eigenvalue weighted by atomic mass is 79.9. The van der Waals surface area contributed by atoms with Gasteiger partial charge in [0.1, 0.15) is 4.60 Å². The summed E-state index contributed by atoms with van der Waals surface area (Å²) >= 11 is 3.39. The van der Waals surface area contributed by atoms with E-state index in [0.717, 1.165) is 48.4 Å². The van der Waals surface area contributed by atoms with Crippen molar-refractivity contribution in [3.05, 3.63) is 22.4 Å². The number of carbonyl (C=O) groups excluding carboxylic acids is 1. The largest absolute Gasteiger partial charge is 0.494 e. The van der Waals surface area contributed by atoms with Crippen molar-refractivity contribution in [2.45, 2.75) is 19.4 Å². The van der Waals surface area contributed by atoms with Crippen LogP contribution >= 0.6 is 15.9 Å². The summed E-state index contributed by atoms with van der Waals surface area (Å²) in [6.07, 6.45) is 3.46. The summed E-state index contributed by atoms with van der Waals surface area (Å²) < 4.78 is 10.9. The highest BCUT2D eigenvalue weighted by Crippen LogP contribution is 2.28. The predicted octanol–water partition coefficient (Wildman–Crippen LogP) is 2.24. The van der Waals surface area contributed by atoms with E-state index in [-0.39, 0.29) is 11.9 Å². The summed E-state index contributed by atoms with van der Waals surface area (Å²) in [5.74, 6) is 0.735. The van der Waals surface area contributed by atoms with Gasteiger partial charge in [-0.1, -0.05) is 0 Å². The lowest BCUT2D eigenvalue weighted by molar-refractivity contribution is -0.147. The number of pyridine rings is 1. The summed E-state index contributed by atoms with van der Waals surface area (Å²) in [5.41, 5.74) is 1.10. The number of piperidine rings is 1. The zero-order valence-corrected chi connectivity index (χ0v) is 13.4. The van der Waals surface area contributed by atoms with Crippen LogP contribution in [0.3, 0.4) is 0 Å². The molecule has 0 bridgehead atoms. The molecule has 0 atom stereocenters. The van der Waals surface area contributed by atoms with Gasteiger partial charge in [0.2, 0.25) is 0 Å². The number of methoxy groups -OCH3 is 2. The number of esters is 1. The van der Waals surface area contributed by atoms with Gasteiger partial charge >= 0.3 is 5.97 Å². The number of halogens is 1. The van der Waals surface area contributed by atoms with Crippen molar-refractivity contribution in [3.8, 4) is 5.75 Å². The summed E-state index contributed by atoms with van der Waals surface area (Å²) in [6.45, 7) is 2.59.